The molecule has 3 heteroatoms. The van der Waals surface area contributed by atoms with Gasteiger partial charge in [0.2, 0.25) is 0 Å². The van der Waals surface area contributed by atoms with E-state index in [1.54, 1.807) is 0 Å². The number of aromatic nitrogens is 1. The second-order valence-corrected chi connectivity index (χ2v) is 4.13. The number of H-pyrrole nitrogens is 1. The predicted octanol–water partition coefficient (Wildman–Crippen LogP) is 4.74. The largest absolute Gasteiger partial charge is 0.355 e. The number of rotatable bonds is 0. The van der Waals surface area contributed by atoms with E-state index >= 15 is 0 Å². The summed E-state index contributed by atoms with van der Waals surface area (Å²) in [7, 11) is 0. The van der Waals surface area contributed by atoms with E-state index in [9.17, 15) is 0 Å². The molecule has 1 heterocycles. The van der Waals surface area contributed by atoms with Gasteiger partial charge < -0.3 is 4.98 Å². The Bertz CT molecular complexity index is 536. The normalized spacial score (nSPS) is 10.1. The number of hydrogen-bond donors (Lipinski definition) is 1. The minimum Gasteiger partial charge on any atom is -0.355 e. The monoisotopic (exact) mass is 251 g/mol. The lowest BCUT2D eigenvalue weighted by Crippen LogP contribution is -1.62. The summed E-state index contributed by atoms with van der Waals surface area (Å²) in [5.74, 6) is 0. The maximum atomic E-state index is 4.76. The molecule has 0 aliphatic carbocycles. The third-order valence-corrected chi connectivity index (χ3v) is 2.41. The van der Waals surface area contributed by atoms with E-state index in [-0.39, 0.29) is 5.34 Å². The topological polar surface area (TPSA) is 15.8 Å². The van der Waals surface area contributed by atoms with Crippen molar-refractivity contribution in [2.45, 2.75) is 0 Å². The maximum absolute atomic E-state index is 4.76. The van der Waals surface area contributed by atoms with Crippen molar-refractivity contribution < 1.29 is 0 Å². The molecule has 0 bridgehead atoms. The van der Waals surface area contributed by atoms with Crippen LogP contribution in [0.4, 0.5) is 0 Å². The van der Waals surface area contributed by atoms with Gasteiger partial charge in [0.25, 0.3) is 0 Å². The van der Waals surface area contributed by atoms with Gasteiger partial charge in [-0.2, -0.15) is 0 Å². The Morgan fingerprint density at radius 3 is 1.56 bits per heavy atom. The summed E-state index contributed by atoms with van der Waals surface area (Å²) in [6.07, 6.45) is 0. The Hall–Kier alpha value is -1.18. The van der Waals surface area contributed by atoms with Gasteiger partial charge in [0.15, 0.2) is 0 Å². The first-order valence-electron chi connectivity index (χ1n) is 4.94. The number of benzene rings is 2. The molecule has 3 aromatic rings. The van der Waals surface area contributed by atoms with Crippen molar-refractivity contribution in [1.29, 1.82) is 0 Å². The molecule has 0 fully saturated rings. The number of nitrogens with one attached hydrogen (secondary N) is 1. The molecule has 1 N–H and O–H groups in total. The SMILES string of the molecule is ClCCl.c1ccc2c(c1)[nH]c1ccccc12. The Labute approximate surface area is 104 Å². The second-order valence-electron chi connectivity index (χ2n) is 3.32. The number of halogens is 2. The lowest BCUT2D eigenvalue weighted by Gasteiger charge is -1.87. The van der Waals surface area contributed by atoms with Crippen LogP contribution in [0.25, 0.3) is 21.8 Å². The number of aromatic amines is 1. The molecule has 2 aromatic carbocycles. The van der Waals surface area contributed by atoms with E-state index in [1.165, 1.54) is 21.8 Å². The van der Waals surface area contributed by atoms with Gasteiger partial charge in [0.05, 0.1) is 5.34 Å². The van der Waals surface area contributed by atoms with Gasteiger partial charge >= 0.3 is 0 Å². The fourth-order valence-corrected chi connectivity index (χ4v) is 1.80. The highest BCUT2D eigenvalue weighted by Crippen LogP contribution is 2.24. The molecule has 0 aliphatic rings. The van der Waals surface area contributed by atoms with Crippen LogP contribution in [0.2, 0.25) is 0 Å². The summed E-state index contributed by atoms with van der Waals surface area (Å²) < 4.78 is 0. The Morgan fingerprint density at radius 1 is 0.750 bits per heavy atom. The zero-order valence-electron chi connectivity index (χ0n) is 8.58. The highest BCUT2D eigenvalue weighted by atomic mass is 35.5. The van der Waals surface area contributed by atoms with Crippen molar-refractivity contribution in [3.63, 3.8) is 0 Å². The quantitative estimate of drug-likeness (QED) is 0.556. The minimum atomic E-state index is 0.194. The second kappa shape index (κ2) is 5.24. The smallest absolute Gasteiger partial charge is 0.0967 e. The van der Waals surface area contributed by atoms with Crippen LogP contribution in [-0.2, 0) is 0 Å². The molecule has 0 saturated carbocycles. The standard InChI is InChI=1S/C12H9N.CH2Cl2/c1-3-7-11-9(5-1)10-6-2-4-8-12(10)13-11;2-1-3/h1-8,13H;1H2. The van der Waals surface area contributed by atoms with Crippen molar-refractivity contribution in [2.24, 2.45) is 0 Å². The van der Waals surface area contributed by atoms with E-state index in [2.05, 4.69) is 53.5 Å². The van der Waals surface area contributed by atoms with Crippen LogP contribution in [0.3, 0.4) is 0 Å². The fraction of sp³-hybridized carbons (Fsp3) is 0.0769. The van der Waals surface area contributed by atoms with E-state index in [0.717, 1.165) is 0 Å². The highest BCUT2D eigenvalue weighted by molar-refractivity contribution is 6.40. The minimum absolute atomic E-state index is 0.194. The van der Waals surface area contributed by atoms with Crippen LogP contribution in [0.1, 0.15) is 0 Å². The number of alkyl halides is 2. The summed E-state index contributed by atoms with van der Waals surface area (Å²) in [5, 5.41) is 2.80. The molecule has 0 unspecified atom stereocenters. The summed E-state index contributed by atoms with van der Waals surface area (Å²) in [6.45, 7) is 0. The van der Waals surface area contributed by atoms with Crippen molar-refractivity contribution in [3.8, 4) is 0 Å². The first kappa shape index (κ1) is 11.3. The molecule has 0 spiro atoms. The first-order chi connectivity index (χ1) is 7.86. The van der Waals surface area contributed by atoms with Crippen molar-refractivity contribution >= 4 is 45.0 Å². The molecule has 0 amide bonds. The van der Waals surface area contributed by atoms with E-state index in [1.807, 2.05) is 0 Å². The van der Waals surface area contributed by atoms with Crippen molar-refractivity contribution in [2.75, 3.05) is 5.34 Å². The fourth-order valence-electron chi connectivity index (χ4n) is 1.80. The average molecular weight is 252 g/mol. The molecule has 16 heavy (non-hydrogen) atoms. The average Bonchev–Trinajstić information content (AvgIpc) is 2.68. The van der Waals surface area contributed by atoms with E-state index in [4.69, 9.17) is 23.2 Å². The molecular formula is C13H11Cl2N. The third kappa shape index (κ3) is 2.16. The molecule has 1 aromatic heterocycles. The van der Waals surface area contributed by atoms with Crippen LogP contribution in [0, 0.1) is 0 Å². The molecule has 82 valence electrons. The molecule has 0 saturated heterocycles. The van der Waals surface area contributed by atoms with Crippen molar-refractivity contribution in [3.05, 3.63) is 48.5 Å². The van der Waals surface area contributed by atoms with Crippen molar-refractivity contribution in [1.82, 2.24) is 4.98 Å². The van der Waals surface area contributed by atoms with Gasteiger partial charge in [-0.15, -0.1) is 23.2 Å². The lowest BCUT2D eigenvalue weighted by molar-refractivity contribution is 1.55. The zero-order chi connectivity index (χ0) is 11.4. The van der Waals surface area contributed by atoms with Gasteiger partial charge in [-0.05, 0) is 12.1 Å². The van der Waals surface area contributed by atoms with Crippen LogP contribution < -0.4 is 0 Å². The van der Waals surface area contributed by atoms with Crippen LogP contribution in [0.15, 0.2) is 48.5 Å². The zero-order valence-corrected chi connectivity index (χ0v) is 10.1. The Kier molecular flexibility index (Phi) is 3.70. The Morgan fingerprint density at radius 2 is 1.12 bits per heavy atom. The van der Waals surface area contributed by atoms with Gasteiger partial charge in [-0.1, -0.05) is 36.4 Å². The highest BCUT2D eigenvalue weighted by Gasteiger charge is 2.00. The van der Waals surface area contributed by atoms with Gasteiger partial charge in [0.1, 0.15) is 0 Å². The maximum Gasteiger partial charge on any atom is 0.0967 e. The summed E-state index contributed by atoms with van der Waals surface area (Å²) in [5.41, 5.74) is 2.42. The molecule has 3 rings (SSSR count). The predicted molar refractivity (Wildman–Crippen MR) is 72.4 cm³/mol. The first-order valence-corrected chi connectivity index (χ1v) is 6.01. The summed E-state index contributed by atoms with van der Waals surface area (Å²) in [4.78, 5) is 3.38. The Balaban J connectivity index is 0.000000292. The molecule has 0 aliphatic heterocycles. The molecule has 0 atom stereocenters. The summed E-state index contributed by atoms with van der Waals surface area (Å²) in [6, 6.07) is 16.8. The molecular weight excluding hydrogens is 241 g/mol. The number of fused-ring (bicyclic) bond motifs is 3. The van der Waals surface area contributed by atoms with Gasteiger partial charge in [0, 0.05) is 21.8 Å². The molecule has 0 radical (unpaired) electrons. The third-order valence-electron chi connectivity index (χ3n) is 2.41. The van der Waals surface area contributed by atoms with Gasteiger partial charge in [-0.25, -0.2) is 0 Å². The number of para-hydroxylation sites is 2. The van der Waals surface area contributed by atoms with Crippen LogP contribution >= 0.6 is 23.2 Å². The summed E-state index contributed by atoms with van der Waals surface area (Å²) >= 11 is 9.53. The van der Waals surface area contributed by atoms with E-state index < -0.39 is 0 Å². The van der Waals surface area contributed by atoms with Crippen LogP contribution in [-0.4, -0.2) is 10.3 Å². The van der Waals surface area contributed by atoms with Gasteiger partial charge in [-0.3, -0.25) is 0 Å². The lowest BCUT2D eigenvalue weighted by atomic mass is 10.2. The van der Waals surface area contributed by atoms with E-state index in [0.29, 0.717) is 0 Å². The van der Waals surface area contributed by atoms with Crippen LogP contribution in [0.5, 0.6) is 0 Å². The number of hydrogen-bond acceptors (Lipinski definition) is 0. The molecule has 1 nitrogen and oxygen atoms in total.